The van der Waals surface area contributed by atoms with Crippen LogP contribution in [0.1, 0.15) is 20.8 Å². The van der Waals surface area contributed by atoms with Gasteiger partial charge < -0.3 is 15.4 Å². The number of carbonyl (C=O) groups is 2. The summed E-state index contributed by atoms with van der Waals surface area (Å²) in [6, 6.07) is 10.0. The van der Waals surface area contributed by atoms with Crippen LogP contribution >= 0.6 is 11.6 Å². The van der Waals surface area contributed by atoms with Crippen LogP contribution in [0.4, 0.5) is 11.5 Å². The summed E-state index contributed by atoms with van der Waals surface area (Å²) in [6.45, 7) is 0.715. The number of likely N-dealkylation sites (N-methyl/N-ethyl adjacent to an activating group) is 1. The van der Waals surface area contributed by atoms with Gasteiger partial charge in [-0.25, -0.2) is 18.4 Å². The zero-order chi connectivity index (χ0) is 25.8. The minimum atomic E-state index is -3.57. The molecule has 2 N–H and O–H groups in total. The second-order valence-electron chi connectivity index (χ2n) is 7.79. The Morgan fingerprint density at radius 1 is 1.11 bits per heavy atom. The summed E-state index contributed by atoms with van der Waals surface area (Å²) < 4.78 is 30.1. The van der Waals surface area contributed by atoms with Gasteiger partial charge in [0, 0.05) is 25.2 Å². The second kappa shape index (κ2) is 10.8. The summed E-state index contributed by atoms with van der Waals surface area (Å²) in [5, 5.41) is 0.340. The summed E-state index contributed by atoms with van der Waals surface area (Å²) in [4.78, 5) is 37.3. The van der Waals surface area contributed by atoms with E-state index in [4.69, 9.17) is 22.1 Å². The van der Waals surface area contributed by atoms with Crippen LogP contribution in [0.3, 0.4) is 0 Å². The van der Waals surface area contributed by atoms with Gasteiger partial charge in [-0.3, -0.25) is 14.5 Å². The molecular formula is C23H24ClN5O5S. The molecule has 0 aliphatic heterocycles. The van der Waals surface area contributed by atoms with Gasteiger partial charge in [0.25, 0.3) is 11.8 Å². The number of primary amides is 1. The zero-order valence-electron chi connectivity index (χ0n) is 19.3. The lowest BCUT2D eigenvalue weighted by atomic mass is 10.1. The van der Waals surface area contributed by atoms with Crippen molar-refractivity contribution in [1.29, 1.82) is 0 Å². The number of pyridine rings is 2. The third kappa shape index (κ3) is 6.32. The molecule has 10 nitrogen and oxygen atoms in total. The number of nitrogens with zero attached hydrogens (tertiary/aromatic N) is 4. The smallest absolute Gasteiger partial charge is 0.269 e. The minimum Gasteiger partial charge on any atom is -0.491 e. The normalized spacial score (nSPS) is 11.3. The number of hydrogen-bond donors (Lipinski definition) is 1. The Labute approximate surface area is 208 Å². The number of ether oxygens (including phenoxy) is 1. The van der Waals surface area contributed by atoms with Gasteiger partial charge in [0.05, 0.1) is 21.2 Å². The van der Waals surface area contributed by atoms with E-state index in [1.807, 2.05) is 19.0 Å². The number of halogens is 1. The molecule has 35 heavy (non-hydrogen) atoms. The summed E-state index contributed by atoms with van der Waals surface area (Å²) >= 11 is 5.98. The van der Waals surface area contributed by atoms with Crippen molar-refractivity contribution >= 4 is 44.8 Å². The van der Waals surface area contributed by atoms with E-state index in [1.165, 1.54) is 48.8 Å². The summed E-state index contributed by atoms with van der Waals surface area (Å²) in [5.74, 6) is -1.29. The monoisotopic (exact) mass is 517 g/mol. The predicted molar refractivity (Wildman–Crippen MR) is 132 cm³/mol. The van der Waals surface area contributed by atoms with Gasteiger partial charge in [-0.1, -0.05) is 11.6 Å². The molecule has 0 saturated heterocycles. The molecule has 2 aromatic heterocycles. The fraction of sp³-hybridized carbons (Fsp3) is 0.217. The SMILES string of the molecule is CN(C)CCOc1cc(S(C)(=O)=O)ccc1C(=O)N(c1ccc(Cl)cn1)c1cccnc1C(N)=O. The lowest BCUT2D eigenvalue weighted by molar-refractivity contribution is 0.0993. The number of anilines is 2. The molecule has 12 heteroatoms. The van der Waals surface area contributed by atoms with Crippen LogP contribution in [0.15, 0.2) is 59.8 Å². The van der Waals surface area contributed by atoms with Crippen molar-refractivity contribution < 1.29 is 22.7 Å². The van der Waals surface area contributed by atoms with E-state index >= 15 is 0 Å². The molecule has 0 spiro atoms. The number of carbonyl (C=O) groups excluding carboxylic acids is 2. The summed E-state index contributed by atoms with van der Waals surface area (Å²) in [5.41, 5.74) is 5.49. The maximum Gasteiger partial charge on any atom is 0.269 e. The van der Waals surface area contributed by atoms with Crippen LogP contribution in [0.25, 0.3) is 0 Å². The maximum atomic E-state index is 13.9. The molecule has 0 aliphatic rings. The molecule has 1 aromatic carbocycles. The predicted octanol–water partition coefficient (Wildman–Crippen LogP) is 2.55. The Morgan fingerprint density at radius 2 is 1.86 bits per heavy atom. The van der Waals surface area contributed by atoms with Crippen molar-refractivity contribution in [3.8, 4) is 5.75 Å². The van der Waals surface area contributed by atoms with Crippen molar-refractivity contribution in [3.63, 3.8) is 0 Å². The van der Waals surface area contributed by atoms with Gasteiger partial charge in [0.2, 0.25) is 0 Å². The standard InChI is InChI=1S/C23H24ClN5O5S/c1-28(2)11-12-34-19-13-16(35(3,32)33)7-8-17(19)23(31)29(20-9-6-15(24)14-27-20)18-5-4-10-26-21(18)22(25)30/h4-10,13-14H,11-12H2,1-3H3,(H2,25,30). The minimum absolute atomic E-state index is 0.00993. The van der Waals surface area contributed by atoms with Crippen LogP contribution in [0.2, 0.25) is 5.02 Å². The Balaban J connectivity index is 2.19. The third-order valence-electron chi connectivity index (χ3n) is 4.81. The first-order valence-electron chi connectivity index (χ1n) is 10.3. The van der Waals surface area contributed by atoms with E-state index in [-0.39, 0.29) is 40.0 Å². The first kappa shape index (κ1) is 26.1. The molecule has 3 rings (SSSR count). The number of amides is 2. The first-order valence-corrected chi connectivity index (χ1v) is 12.6. The fourth-order valence-electron chi connectivity index (χ4n) is 3.09. The molecule has 0 bridgehead atoms. The van der Waals surface area contributed by atoms with Gasteiger partial charge in [-0.2, -0.15) is 0 Å². The van der Waals surface area contributed by atoms with E-state index in [9.17, 15) is 18.0 Å². The molecule has 0 saturated carbocycles. The van der Waals surface area contributed by atoms with Gasteiger partial charge in [-0.05, 0) is 56.6 Å². The van der Waals surface area contributed by atoms with E-state index in [0.29, 0.717) is 11.6 Å². The van der Waals surface area contributed by atoms with Crippen molar-refractivity contribution in [2.45, 2.75) is 4.90 Å². The quantitative estimate of drug-likeness (QED) is 0.457. The van der Waals surface area contributed by atoms with E-state index in [0.717, 1.165) is 11.2 Å². The fourth-order valence-corrected chi connectivity index (χ4v) is 3.84. The van der Waals surface area contributed by atoms with Gasteiger partial charge in [0.1, 0.15) is 18.2 Å². The van der Waals surface area contributed by atoms with E-state index in [2.05, 4.69) is 9.97 Å². The number of sulfone groups is 1. The highest BCUT2D eigenvalue weighted by molar-refractivity contribution is 7.90. The lowest BCUT2D eigenvalue weighted by Crippen LogP contribution is -2.30. The Bertz CT molecular complexity index is 1350. The number of aromatic nitrogens is 2. The highest BCUT2D eigenvalue weighted by atomic mass is 35.5. The molecule has 0 unspecified atom stereocenters. The highest BCUT2D eigenvalue weighted by Crippen LogP contribution is 2.32. The van der Waals surface area contributed by atoms with Crippen molar-refractivity contribution in [1.82, 2.24) is 14.9 Å². The Hall–Kier alpha value is -3.54. The first-order chi connectivity index (χ1) is 16.5. The van der Waals surface area contributed by atoms with Gasteiger partial charge >= 0.3 is 0 Å². The number of rotatable bonds is 9. The van der Waals surface area contributed by atoms with Gasteiger partial charge in [-0.15, -0.1) is 0 Å². The zero-order valence-corrected chi connectivity index (χ0v) is 20.9. The Morgan fingerprint density at radius 3 is 2.46 bits per heavy atom. The summed E-state index contributed by atoms with van der Waals surface area (Å²) in [7, 11) is 0.133. The molecule has 0 aliphatic carbocycles. The topological polar surface area (TPSA) is 136 Å². The molecule has 184 valence electrons. The average molecular weight is 518 g/mol. The molecule has 3 aromatic rings. The van der Waals surface area contributed by atoms with Crippen molar-refractivity contribution in [2.24, 2.45) is 5.73 Å². The average Bonchev–Trinajstić information content (AvgIpc) is 2.79. The van der Waals surface area contributed by atoms with E-state index in [1.54, 1.807) is 6.07 Å². The molecular weight excluding hydrogens is 494 g/mol. The van der Waals surface area contributed by atoms with Crippen molar-refractivity contribution in [3.05, 3.63) is 71.1 Å². The molecule has 0 fully saturated rings. The van der Waals surface area contributed by atoms with Gasteiger partial charge in [0.15, 0.2) is 15.5 Å². The second-order valence-corrected chi connectivity index (χ2v) is 10.2. The lowest BCUT2D eigenvalue weighted by Gasteiger charge is -2.24. The number of hydrogen-bond acceptors (Lipinski definition) is 8. The molecule has 0 atom stereocenters. The third-order valence-corrected chi connectivity index (χ3v) is 6.15. The van der Waals surface area contributed by atoms with Crippen LogP contribution < -0.4 is 15.4 Å². The Kier molecular flexibility index (Phi) is 8.05. The maximum absolute atomic E-state index is 13.9. The summed E-state index contributed by atoms with van der Waals surface area (Å²) in [6.07, 6.45) is 3.78. The molecule has 2 amide bonds. The molecule has 2 heterocycles. The number of benzene rings is 1. The van der Waals surface area contributed by atoms with Crippen LogP contribution in [0, 0.1) is 0 Å². The largest absolute Gasteiger partial charge is 0.491 e. The van der Waals surface area contributed by atoms with E-state index < -0.39 is 21.7 Å². The van der Waals surface area contributed by atoms with Crippen LogP contribution in [-0.2, 0) is 9.84 Å². The molecule has 0 radical (unpaired) electrons. The highest BCUT2D eigenvalue weighted by Gasteiger charge is 2.28. The van der Waals surface area contributed by atoms with Crippen LogP contribution in [-0.4, -0.2) is 68.6 Å². The van der Waals surface area contributed by atoms with Crippen molar-refractivity contribution in [2.75, 3.05) is 38.4 Å². The number of nitrogens with two attached hydrogens (primary N) is 1. The van der Waals surface area contributed by atoms with Crippen LogP contribution in [0.5, 0.6) is 5.75 Å².